The molecule has 52 heavy (non-hydrogen) atoms. The minimum absolute atomic E-state index is 0.00481. The van der Waals surface area contributed by atoms with Crippen molar-refractivity contribution in [1.82, 2.24) is 0 Å². The van der Waals surface area contributed by atoms with Crippen molar-refractivity contribution in [1.29, 1.82) is 0 Å². The molecule has 7 rings (SSSR count). The van der Waals surface area contributed by atoms with Gasteiger partial charge in [-0.15, -0.1) is 0 Å². The van der Waals surface area contributed by atoms with Gasteiger partial charge in [-0.1, -0.05) is 77.4 Å². The Morgan fingerprint density at radius 3 is 1.17 bits per heavy atom. The van der Waals surface area contributed by atoms with Gasteiger partial charge in [-0.2, -0.15) is 0 Å². The molecule has 5 aromatic carbocycles. The second-order valence-electron chi connectivity index (χ2n) is 16.3. The van der Waals surface area contributed by atoms with Crippen molar-refractivity contribution in [3.63, 3.8) is 0 Å². The molecule has 0 amide bonds. The minimum Gasteiger partial charge on any atom is -0.454 e. The second-order valence-corrected chi connectivity index (χ2v) is 16.7. The normalized spacial score (nSPS) is 13.5. The molecule has 0 radical (unpaired) electrons. The maximum absolute atomic E-state index is 7.83. The SMILES string of the molecule is Cc1cc(N(c2ccc3c(c2)OCO3)c2c(C)cc(C(C)(C)C)cc2C)c(Cl)c(N(c2ccc3c(c2)OCO3)c2c(C)cc(C(C)(C)C)cc2C)c1. The van der Waals surface area contributed by atoms with E-state index in [1.54, 1.807) is 0 Å². The summed E-state index contributed by atoms with van der Waals surface area (Å²) < 4.78 is 23.3. The van der Waals surface area contributed by atoms with Gasteiger partial charge < -0.3 is 28.7 Å². The van der Waals surface area contributed by atoms with Crippen LogP contribution in [-0.4, -0.2) is 13.6 Å². The Kier molecular flexibility index (Phi) is 8.89. The second kappa shape index (κ2) is 13.0. The zero-order chi connectivity index (χ0) is 37.3. The Morgan fingerprint density at radius 2 is 0.827 bits per heavy atom. The highest BCUT2D eigenvalue weighted by atomic mass is 35.5. The molecule has 5 aromatic rings. The molecule has 0 saturated heterocycles. The number of ether oxygens (including phenoxy) is 4. The molecule has 7 heteroatoms. The average molecular weight is 717 g/mol. The molecular formula is C45H49ClN2O4. The van der Waals surface area contributed by atoms with Gasteiger partial charge in [-0.25, -0.2) is 0 Å². The van der Waals surface area contributed by atoms with Crippen LogP contribution in [0.1, 0.15) is 80.5 Å². The first-order chi connectivity index (χ1) is 24.5. The van der Waals surface area contributed by atoms with Crippen LogP contribution in [0.15, 0.2) is 72.8 Å². The lowest BCUT2D eigenvalue weighted by molar-refractivity contribution is 0.173. The van der Waals surface area contributed by atoms with Crippen molar-refractivity contribution in [2.24, 2.45) is 0 Å². The lowest BCUT2D eigenvalue weighted by atomic mass is 9.84. The van der Waals surface area contributed by atoms with Crippen LogP contribution in [-0.2, 0) is 10.8 Å². The van der Waals surface area contributed by atoms with Crippen LogP contribution < -0.4 is 28.7 Å². The highest BCUT2D eigenvalue weighted by molar-refractivity contribution is 6.37. The number of hydrogen-bond acceptors (Lipinski definition) is 6. The highest BCUT2D eigenvalue weighted by Gasteiger charge is 2.30. The fourth-order valence-corrected chi connectivity index (χ4v) is 7.64. The van der Waals surface area contributed by atoms with Crippen LogP contribution in [0.5, 0.6) is 23.0 Å². The van der Waals surface area contributed by atoms with Gasteiger partial charge in [0.1, 0.15) is 0 Å². The van der Waals surface area contributed by atoms with Gasteiger partial charge >= 0.3 is 0 Å². The fourth-order valence-electron chi connectivity index (χ4n) is 7.37. The van der Waals surface area contributed by atoms with Gasteiger partial charge in [0.2, 0.25) is 13.6 Å². The van der Waals surface area contributed by atoms with Crippen LogP contribution in [0.4, 0.5) is 34.1 Å². The van der Waals surface area contributed by atoms with E-state index in [0.29, 0.717) is 16.5 Å². The molecule has 0 unspecified atom stereocenters. The maximum Gasteiger partial charge on any atom is 0.231 e. The van der Waals surface area contributed by atoms with E-state index < -0.39 is 0 Å². The predicted octanol–water partition coefficient (Wildman–Crippen LogP) is 12.9. The number of fused-ring (bicyclic) bond motifs is 2. The summed E-state index contributed by atoms with van der Waals surface area (Å²) >= 11 is 7.83. The smallest absolute Gasteiger partial charge is 0.231 e. The van der Waals surface area contributed by atoms with Crippen molar-refractivity contribution < 1.29 is 18.9 Å². The zero-order valence-electron chi connectivity index (χ0n) is 32.2. The Bertz CT molecular complexity index is 2010. The Hall–Kier alpha value is -4.81. The average Bonchev–Trinajstić information content (AvgIpc) is 3.73. The summed E-state index contributed by atoms with van der Waals surface area (Å²) in [6, 6.07) is 25.8. The number of rotatable bonds is 6. The lowest BCUT2D eigenvalue weighted by Gasteiger charge is -2.35. The molecule has 6 nitrogen and oxygen atoms in total. The summed E-state index contributed by atoms with van der Waals surface area (Å²) in [5.41, 5.74) is 13.9. The third kappa shape index (κ3) is 6.43. The number of aryl methyl sites for hydroxylation is 5. The first kappa shape index (κ1) is 35.6. The maximum atomic E-state index is 7.83. The largest absolute Gasteiger partial charge is 0.454 e. The first-order valence-corrected chi connectivity index (χ1v) is 18.3. The van der Waals surface area contributed by atoms with Gasteiger partial charge in [-0.05, 0) is 121 Å². The molecule has 0 N–H and O–H groups in total. The van der Waals surface area contributed by atoms with Crippen LogP contribution >= 0.6 is 11.6 Å². The Balaban J connectivity index is 1.50. The van der Waals surface area contributed by atoms with Gasteiger partial charge in [0.25, 0.3) is 0 Å². The Morgan fingerprint density at radius 1 is 0.481 bits per heavy atom. The number of benzene rings is 5. The molecule has 0 aromatic heterocycles. The van der Waals surface area contributed by atoms with E-state index in [1.807, 2.05) is 24.3 Å². The van der Waals surface area contributed by atoms with Crippen molar-refractivity contribution in [3.05, 3.63) is 117 Å². The molecule has 270 valence electrons. The fraction of sp³-hybridized carbons (Fsp3) is 0.333. The first-order valence-electron chi connectivity index (χ1n) is 17.9. The summed E-state index contributed by atoms with van der Waals surface area (Å²) in [6.45, 7) is 24.8. The van der Waals surface area contributed by atoms with Gasteiger partial charge in [0.05, 0.1) is 39.1 Å². The molecule has 0 atom stereocenters. The number of nitrogens with zero attached hydrogens (tertiary/aromatic N) is 2. The summed E-state index contributed by atoms with van der Waals surface area (Å²) in [7, 11) is 0. The zero-order valence-corrected chi connectivity index (χ0v) is 33.0. The van der Waals surface area contributed by atoms with Gasteiger partial charge in [-0.3, -0.25) is 0 Å². The predicted molar refractivity (Wildman–Crippen MR) is 214 cm³/mol. The molecule has 0 aliphatic carbocycles. The van der Waals surface area contributed by atoms with E-state index in [-0.39, 0.29) is 24.4 Å². The monoisotopic (exact) mass is 716 g/mol. The molecule has 0 spiro atoms. The molecule has 2 aliphatic heterocycles. The van der Waals surface area contributed by atoms with Crippen molar-refractivity contribution in [2.75, 3.05) is 23.4 Å². The van der Waals surface area contributed by atoms with Gasteiger partial charge in [0.15, 0.2) is 23.0 Å². The van der Waals surface area contributed by atoms with Crippen molar-refractivity contribution in [3.8, 4) is 23.0 Å². The number of halogens is 1. The summed E-state index contributed by atoms with van der Waals surface area (Å²) in [4.78, 5) is 4.55. The van der Waals surface area contributed by atoms with Crippen molar-refractivity contribution >= 4 is 45.7 Å². The van der Waals surface area contributed by atoms with Crippen molar-refractivity contribution in [2.45, 2.75) is 87.0 Å². The third-order valence-electron chi connectivity index (χ3n) is 10.1. The van der Waals surface area contributed by atoms with E-state index in [4.69, 9.17) is 30.5 Å². The molecule has 0 saturated carbocycles. The number of hydrogen-bond donors (Lipinski definition) is 0. The van der Waals surface area contributed by atoms with E-state index in [2.05, 4.69) is 134 Å². The van der Waals surface area contributed by atoms with Crippen LogP contribution in [0.3, 0.4) is 0 Å². The van der Waals surface area contributed by atoms with Crippen LogP contribution in [0.2, 0.25) is 5.02 Å². The topological polar surface area (TPSA) is 43.4 Å². The summed E-state index contributed by atoms with van der Waals surface area (Å²) in [5.74, 6) is 2.88. The quantitative estimate of drug-likeness (QED) is 0.174. The minimum atomic E-state index is -0.00481. The third-order valence-corrected chi connectivity index (χ3v) is 10.4. The Labute approximate surface area is 313 Å². The van der Waals surface area contributed by atoms with Crippen LogP contribution in [0, 0.1) is 34.6 Å². The van der Waals surface area contributed by atoms with Crippen LogP contribution in [0.25, 0.3) is 0 Å². The summed E-state index contributed by atoms with van der Waals surface area (Å²) in [6.07, 6.45) is 0. The van der Waals surface area contributed by atoms with E-state index in [9.17, 15) is 0 Å². The molecule has 2 aliphatic rings. The van der Waals surface area contributed by atoms with Gasteiger partial charge in [0, 0.05) is 12.1 Å². The number of anilines is 6. The lowest BCUT2D eigenvalue weighted by Crippen LogP contribution is -2.19. The summed E-state index contributed by atoms with van der Waals surface area (Å²) in [5, 5.41) is 0.610. The standard InChI is InChI=1S/C45H49ClN2O4/c1-26-16-35(47(33-12-14-37-39(22-33)51-24-49-37)42-27(2)18-31(19-28(42)3)44(6,7)8)41(46)36(17-26)48(34-13-15-38-40(23-34)52-25-50-38)43-29(4)20-32(21-30(43)5)45(9,10)11/h12-23H,24-25H2,1-11H3. The molecular weight excluding hydrogens is 668 g/mol. The molecule has 0 fully saturated rings. The van der Waals surface area contributed by atoms with E-state index in [1.165, 1.54) is 11.1 Å². The molecule has 2 heterocycles. The molecule has 0 bridgehead atoms. The van der Waals surface area contributed by atoms with E-state index in [0.717, 1.165) is 73.4 Å². The van der Waals surface area contributed by atoms with E-state index >= 15 is 0 Å². The highest BCUT2D eigenvalue weighted by Crippen LogP contribution is 2.52.